The van der Waals surface area contributed by atoms with Crippen molar-refractivity contribution in [2.75, 3.05) is 18.9 Å². The molecule has 0 atom stereocenters. The molecule has 1 aromatic rings. The minimum absolute atomic E-state index is 0.812. The molecule has 4 heteroatoms. The van der Waals surface area contributed by atoms with Gasteiger partial charge in [0.1, 0.15) is 5.82 Å². The minimum Gasteiger partial charge on any atom is -0.298 e. The van der Waals surface area contributed by atoms with E-state index in [0.717, 1.165) is 24.2 Å². The molecule has 0 amide bonds. The molecule has 3 nitrogen and oxygen atoms in total. The molecule has 66 valence electrons. The first-order valence-electron chi connectivity index (χ1n) is 3.83. The Kier molecular flexibility index (Phi) is 4.18. The Balaban J connectivity index is 2.41. The van der Waals surface area contributed by atoms with Crippen molar-refractivity contribution in [2.24, 2.45) is 0 Å². The number of hydrogen-bond acceptors (Lipinski definition) is 3. The van der Waals surface area contributed by atoms with Crippen molar-refractivity contribution in [2.45, 2.75) is 6.54 Å². The number of alkyl halides is 1. The van der Waals surface area contributed by atoms with Crippen LogP contribution in [0.25, 0.3) is 0 Å². The van der Waals surface area contributed by atoms with Crippen LogP contribution in [0.15, 0.2) is 18.5 Å². The molecule has 0 aliphatic rings. The van der Waals surface area contributed by atoms with Gasteiger partial charge in [0.2, 0.25) is 0 Å². The third kappa shape index (κ3) is 3.28. The predicted octanol–water partition coefficient (Wildman–Crippen LogP) is 1.30. The summed E-state index contributed by atoms with van der Waals surface area (Å²) in [7, 11) is 2.05. The summed E-state index contributed by atoms with van der Waals surface area (Å²) >= 11 is 3.38. The first-order chi connectivity index (χ1) is 5.83. The fraction of sp³-hybridized carbons (Fsp3) is 0.500. The van der Waals surface area contributed by atoms with Gasteiger partial charge in [-0.25, -0.2) is 9.97 Å². The summed E-state index contributed by atoms with van der Waals surface area (Å²) in [5, 5.41) is 0.982. The molecule has 0 unspecified atom stereocenters. The van der Waals surface area contributed by atoms with E-state index in [2.05, 4.69) is 37.8 Å². The summed E-state index contributed by atoms with van der Waals surface area (Å²) < 4.78 is 0. The second kappa shape index (κ2) is 5.22. The summed E-state index contributed by atoms with van der Waals surface area (Å²) in [4.78, 5) is 10.4. The Hall–Kier alpha value is -0.480. The third-order valence-corrected chi connectivity index (χ3v) is 1.85. The van der Waals surface area contributed by atoms with Gasteiger partial charge < -0.3 is 0 Å². The van der Waals surface area contributed by atoms with Crippen molar-refractivity contribution < 1.29 is 0 Å². The topological polar surface area (TPSA) is 29.0 Å². The van der Waals surface area contributed by atoms with E-state index < -0.39 is 0 Å². The third-order valence-electron chi connectivity index (χ3n) is 1.50. The highest BCUT2D eigenvalue weighted by Crippen LogP contribution is 1.95. The molecular formula is C8H12BrN3. The molecule has 0 aliphatic carbocycles. The zero-order chi connectivity index (χ0) is 8.81. The Bertz CT molecular complexity index is 215. The summed E-state index contributed by atoms with van der Waals surface area (Å²) in [5.74, 6) is 0.876. The van der Waals surface area contributed by atoms with Crippen LogP contribution in [0.1, 0.15) is 5.82 Å². The van der Waals surface area contributed by atoms with Crippen LogP contribution in [-0.2, 0) is 6.54 Å². The van der Waals surface area contributed by atoms with Crippen molar-refractivity contribution in [3.8, 4) is 0 Å². The molecule has 0 fully saturated rings. The maximum Gasteiger partial charge on any atom is 0.142 e. The molecule has 1 aromatic heterocycles. The van der Waals surface area contributed by atoms with E-state index in [1.54, 1.807) is 12.4 Å². The maximum absolute atomic E-state index is 4.13. The highest BCUT2D eigenvalue weighted by molar-refractivity contribution is 9.09. The number of aromatic nitrogens is 2. The van der Waals surface area contributed by atoms with Crippen LogP contribution in [0.4, 0.5) is 0 Å². The van der Waals surface area contributed by atoms with Crippen molar-refractivity contribution in [3.63, 3.8) is 0 Å². The van der Waals surface area contributed by atoms with Crippen LogP contribution < -0.4 is 0 Å². The van der Waals surface area contributed by atoms with Crippen molar-refractivity contribution in [1.29, 1.82) is 0 Å². The number of rotatable bonds is 4. The maximum atomic E-state index is 4.13. The SMILES string of the molecule is CN(CCBr)Cc1ncccn1. The minimum atomic E-state index is 0.812. The van der Waals surface area contributed by atoms with Crippen molar-refractivity contribution in [1.82, 2.24) is 14.9 Å². The number of hydrogen-bond donors (Lipinski definition) is 0. The fourth-order valence-corrected chi connectivity index (χ4v) is 1.48. The normalized spacial score (nSPS) is 10.6. The Morgan fingerprint density at radius 2 is 2.08 bits per heavy atom. The Morgan fingerprint density at radius 3 is 2.67 bits per heavy atom. The molecule has 0 N–H and O–H groups in total. The summed E-state index contributed by atoms with van der Waals surface area (Å²) in [6.45, 7) is 1.82. The molecule has 1 heterocycles. The Morgan fingerprint density at radius 1 is 1.42 bits per heavy atom. The van der Waals surface area contributed by atoms with Gasteiger partial charge in [-0.05, 0) is 13.1 Å². The number of halogens is 1. The first-order valence-corrected chi connectivity index (χ1v) is 4.95. The molecule has 0 aliphatic heterocycles. The second-order valence-corrected chi connectivity index (χ2v) is 3.38. The van der Waals surface area contributed by atoms with Gasteiger partial charge in [0.15, 0.2) is 0 Å². The second-order valence-electron chi connectivity index (χ2n) is 2.59. The van der Waals surface area contributed by atoms with Gasteiger partial charge in [0, 0.05) is 24.3 Å². The van der Waals surface area contributed by atoms with Crippen LogP contribution in [-0.4, -0.2) is 33.8 Å². The molecule has 0 aromatic carbocycles. The van der Waals surface area contributed by atoms with Crippen LogP contribution in [0.2, 0.25) is 0 Å². The first kappa shape index (κ1) is 9.61. The Labute approximate surface area is 81.0 Å². The molecule has 0 bridgehead atoms. The number of nitrogens with zero attached hydrogens (tertiary/aromatic N) is 3. The van der Waals surface area contributed by atoms with Crippen LogP contribution in [0, 0.1) is 0 Å². The van der Waals surface area contributed by atoms with Crippen molar-refractivity contribution in [3.05, 3.63) is 24.3 Å². The molecule has 1 rings (SSSR count). The van der Waals surface area contributed by atoms with Crippen LogP contribution in [0.3, 0.4) is 0 Å². The summed E-state index contributed by atoms with van der Waals surface area (Å²) in [5.41, 5.74) is 0. The molecule has 0 saturated heterocycles. The smallest absolute Gasteiger partial charge is 0.142 e. The van der Waals surface area contributed by atoms with Gasteiger partial charge in [-0.3, -0.25) is 4.90 Å². The lowest BCUT2D eigenvalue weighted by Gasteiger charge is -2.12. The molecule has 12 heavy (non-hydrogen) atoms. The lowest BCUT2D eigenvalue weighted by Crippen LogP contribution is -2.21. The molecule has 0 radical (unpaired) electrons. The van der Waals surface area contributed by atoms with E-state index in [1.807, 2.05) is 6.07 Å². The standard InChI is InChI=1S/C8H12BrN3/c1-12(6-3-9)7-8-10-4-2-5-11-8/h2,4-5H,3,6-7H2,1H3. The quantitative estimate of drug-likeness (QED) is 0.730. The average Bonchev–Trinajstić information content (AvgIpc) is 2.06. The van der Waals surface area contributed by atoms with Gasteiger partial charge in [0.05, 0.1) is 6.54 Å². The molecule has 0 spiro atoms. The predicted molar refractivity (Wildman–Crippen MR) is 52.2 cm³/mol. The highest BCUT2D eigenvalue weighted by Gasteiger charge is 1.99. The van der Waals surface area contributed by atoms with E-state index in [0.29, 0.717) is 0 Å². The summed E-state index contributed by atoms with van der Waals surface area (Å²) in [6.07, 6.45) is 3.54. The zero-order valence-corrected chi connectivity index (χ0v) is 8.66. The fourth-order valence-electron chi connectivity index (χ4n) is 0.876. The van der Waals surface area contributed by atoms with E-state index in [-0.39, 0.29) is 0 Å². The molecule has 0 saturated carbocycles. The lowest BCUT2D eigenvalue weighted by molar-refractivity contribution is 0.340. The summed E-state index contributed by atoms with van der Waals surface area (Å²) in [6, 6.07) is 1.83. The van der Waals surface area contributed by atoms with E-state index in [4.69, 9.17) is 0 Å². The average molecular weight is 230 g/mol. The van der Waals surface area contributed by atoms with Crippen LogP contribution >= 0.6 is 15.9 Å². The van der Waals surface area contributed by atoms with Gasteiger partial charge in [0.25, 0.3) is 0 Å². The monoisotopic (exact) mass is 229 g/mol. The largest absolute Gasteiger partial charge is 0.298 e. The van der Waals surface area contributed by atoms with Crippen molar-refractivity contribution >= 4 is 15.9 Å². The van der Waals surface area contributed by atoms with Gasteiger partial charge in [-0.1, -0.05) is 15.9 Å². The highest BCUT2D eigenvalue weighted by atomic mass is 79.9. The molecular weight excluding hydrogens is 218 g/mol. The lowest BCUT2D eigenvalue weighted by atomic mass is 10.5. The van der Waals surface area contributed by atoms with E-state index in [9.17, 15) is 0 Å². The van der Waals surface area contributed by atoms with E-state index in [1.165, 1.54) is 0 Å². The zero-order valence-electron chi connectivity index (χ0n) is 7.07. The van der Waals surface area contributed by atoms with E-state index >= 15 is 0 Å². The van der Waals surface area contributed by atoms with Gasteiger partial charge in [-0.15, -0.1) is 0 Å². The van der Waals surface area contributed by atoms with Gasteiger partial charge in [-0.2, -0.15) is 0 Å². The van der Waals surface area contributed by atoms with Crippen LogP contribution in [0.5, 0.6) is 0 Å². The van der Waals surface area contributed by atoms with Gasteiger partial charge >= 0.3 is 0 Å².